The quantitative estimate of drug-likeness (QED) is 0.598. The summed E-state index contributed by atoms with van der Waals surface area (Å²) in [6, 6.07) is 10.8. The molecule has 4 N–H and O–H groups in total. The van der Waals surface area contributed by atoms with E-state index in [4.69, 9.17) is 5.73 Å². The standard InChI is InChI=1S/C21H26FN5O4S/c1-15-3-7-17(8-4-15)25-21(29)26-13-2-14-27(20(26)19(28)24-12-11-23)32(30,31)18-9-5-16(22)6-10-18/h3-10,20H,2,11-14,23H2,1H3,(H,24,28)(H,25,29). The van der Waals surface area contributed by atoms with E-state index < -0.39 is 33.9 Å². The van der Waals surface area contributed by atoms with Crippen LogP contribution in [0.25, 0.3) is 0 Å². The van der Waals surface area contributed by atoms with E-state index in [9.17, 15) is 22.4 Å². The van der Waals surface area contributed by atoms with Gasteiger partial charge in [-0.05, 0) is 49.7 Å². The number of rotatable bonds is 6. The summed E-state index contributed by atoms with van der Waals surface area (Å²) in [6.07, 6.45) is -1.10. The Labute approximate surface area is 186 Å². The van der Waals surface area contributed by atoms with Gasteiger partial charge in [0, 0.05) is 31.9 Å². The molecular weight excluding hydrogens is 437 g/mol. The number of carbonyl (C=O) groups excluding carboxylic acids is 2. The minimum absolute atomic E-state index is 0.0226. The van der Waals surface area contributed by atoms with Gasteiger partial charge >= 0.3 is 6.03 Å². The number of anilines is 1. The van der Waals surface area contributed by atoms with Crippen LogP contribution in [0.15, 0.2) is 53.4 Å². The molecule has 2 aromatic rings. The number of amides is 3. The molecule has 11 heteroatoms. The van der Waals surface area contributed by atoms with Crippen molar-refractivity contribution in [1.82, 2.24) is 14.5 Å². The summed E-state index contributed by atoms with van der Waals surface area (Å²) in [4.78, 5) is 27.0. The van der Waals surface area contributed by atoms with Crippen molar-refractivity contribution in [2.24, 2.45) is 5.73 Å². The Morgan fingerprint density at radius 2 is 1.75 bits per heavy atom. The molecule has 1 atom stereocenters. The van der Waals surface area contributed by atoms with Gasteiger partial charge in [-0.25, -0.2) is 17.6 Å². The number of hydrogen-bond acceptors (Lipinski definition) is 5. The number of hydrogen-bond donors (Lipinski definition) is 3. The Morgan fingerprint density at radius 1 is 1.09 bits per heavy atom. The number of nitrogens with two attached hydrogens (primary N) is 1. The van der Waals surface area contributed by atoms with Crippen LogP contribution in [0.2, 0.25) is 0 Å². The third kappa shape index (κ3) is 5.23. The van der Waals surface area contributed by atoms with E-state index in [1.165, 1.54) is 4.90 Å². The van der Waals surface area contributed by atoms with Crippen molar-refractivity contribution in [3.8, 4) is 0 Å². The zero-order valence-corrected chi connectivity index (χ0v) is 18.4. The Kier molecular flexibility index (Phi) is 7.44. The third-order valence-electron chi connectivity index (χ3n) is 5.01. The summed E-state index contributed by atoms with van der Waals surface area (Å²) in [5.41, 5.74) is 6.99. The number of halogens is 1. The number of urea groups is 1. The van der Waals surface area contributed by atoms with Gasteiger partial charge in [0.05, 0.1) is 4.90 Å². The van der Waals surface area contributed by atoms with Crippen molar-refractivity contribution in [2.45, 2.75) is 24.4 Å². The zero-order chi connectivity index (χ0) is 23.3. The highest BCUT2D eigenvalue weighted by Gasteiger charge is 2.44. The topological polar surface area (TPSA) is 125 Å². The summed E-state index contributed by atoms with van der Waals surface area (Å²) in [5.74, 6) is -1.25. The van der Waals surface area contributed by atoms with Crippen molar-refractivity contribution < 1.29 is 22.4 Å². The molecule has 2 aromatic carbocycles. The van der Waals surface area contributed by atoms with Crippen LogP contribution in [-0.2, 0) is 14.8 Å². The predicted molar refractivity (Wildman–Crippen MR) is 118 cm³/mol. The van der Waals surface area contributed by atoms with Crippen LogP contribution in [0.4, 0.5) is 14.9 Å². The summed E-state index contributed by atoms with van der Waals surface area (Å²) in [6.45, 7) is 2.38. The van der Waals surface area contributed by atoms with E-state index in [0.717, 1.165) is 34.1 Å². The van der Waals surface area contributed by atoms with Gasteiger partial charge in [0.2, 0.25) is 10.0 Å². The maximum absolute atomic E-state index is 13.3. The monoisotopic (exact) mass is 463 g/mol. The van der Waals surface area contributed by atoms with Crippen LogP contribution in [0, 0.1) is 12.7 Å². The second-order valence-corrected chi connectivity index (χ2v) is 9.26. The highest BCUT2D eigenvalue weighted by molar-refractivity contribution is 7.89. The smallest absolute Gasteiger partial charge is 0.323 e. The molecule has 3 amide bonds. The van der Waals surface area contributed by atoms with E-state index in [1.54, 1.807) is 12.1 Å². The molecule has 0 aromatic heterocycles. The van der Waals surface area contributed by atoms with Crippen LogP contribution in [0.5, 0.6) is 0 Å². The first-order valence-corrected chi connectivity index (χ1v) is 11.6. The van der Waals surface area contributed by atoms with Crippen molar-refractivity contribution in [3.63, 3.8) is 0 Å². The molecule has 0 bridgehead atoms. The lowest BCUT2D eigenvalue weighted by Crippen LogP contribution is -2.64. The SMILES string of the molecule is Cc1ccc(NC(=O)N2CCCN(S(=O)(=O)c3ccc(F)cc3)C2C(=O)NCCN)cc1. The second-order valence-electron chi connectivity index (χ2n) is 7.37. The highest BCUT2D eigenvalue weighted by Crippen LogP contribution is 2.25. The zero-order valence-electron chi connectivity index (χ0n) is 17.6. The van der Waals surface area contributed by atoms with Crippen LogP contribution < -0.4 is 16.4 Å². The normalized spacial score (nSPS) is 17.1. The van der Waals surface area contributed by atoms with Gasteiger partial charge in [-0.2, -0.15) is 4.31 Å². The average Bonchev–Trinajstić information content (AvgIpc) is 2.78. The molecule has 3 rings (SSSR count). The molecule has 1 unspecified atom stereocenters. The van der Waals surface area contributed by atoms with Gasteiger partial charge in [0.1, 0.15) is 5.82 Å². The fourth-order valence-electron chi connectivity index (χ4n) is 3.39. The van der Waals surface area contributed by atoms with E-state index in [-0.39, 0.29) is 31.1 Å². The van der Waals surface area contributed by atoms with Crippen molar-refractivity contribution >= 4 is 27.6 Å². The molecule has 1 aliphatic heterocycles. The van der Waals surface area contributed by atoms with Gasteiger partial charge in [-0.15, -0.1) is 0 Å². The summed E-state index contributed by atoms with van der Waals surface area (Å²) in [5, 5.41) is 5.28. The molecule has 9 nitrogen and oxygen atoms in total. The summed E-state index contributed by atoms with van der Waals surface area (Å²) >= 11 is 0. The fraction of sp³-hybridized carbons (Fsp3) is 0.333. The summed E-state index contributed by atoms with van der Waals surface area (Å²) in [7, 11) is -4.19. The van der Waals surface area contributed by atoms with Gasteiger partial charge in [-0.3, -0.25) is 9.69 Å². The van der Waals surface area contributed by atoms with Gasteiger partial charge in [0.15, 0.2) is 6.17 Å². The molecule has 1 saturated heterocycles. The molecule has 0 aliphatic carbocycles. The third-order valence-corrected chi connectivity index (χ3v) is 6.88. The number of aryl methyl sites for hydroxylation is 1. The minimum Gasteiger partial charge on any atom is -0.352 e. The van der Waals surface area contributed by atoms with Crippen LogP contribution >= 0.6 is 0 Å². The van der Waals surface area contributed by atoms with Crippen molar-refractivity contribution in [3.05, 3.63) is 59.9 Å². The molecule has 172 valence electrons. The Morgan fingerprint density at radius 3 is 2.38 bits per heavy atom. The minimum atomic E-state index is -4.19. The van der Waals surface area contributed by atoms with E-state index in [1.807, 2.05) is 19.1 Å². The van der Waals surface area contributed by atoms with Crippen molar-refractivity contribution in [1.29, 1.82) is 0 Å². The molecule has 1 aliphatic rings. The van der Waals surface area contributed by atoms with E-state index >= 15 is 0 Å². The van der Waals surface area contributed by atoms with Crippen LogP contribution in [0.3, 0.4) is 0 Å². The highest BCUT2D eigenvalue weighted by atomic mass is 32.2. The Bertz CT molecular complexity index is 1060. The molecule has 32 heavy (non-hydrogen) atoms. The number of nitrogens with zero attached hydrogens (tertiary/aromatic N) is 2. The Hall–Kier alpha value is -3.02. The lowest BCUT2D eigenvalue weighted by molar-refractivity contribution is -0.130. The molecule has 0 saturated carbocycles. The number of nitrogens with one attached hydrogen (secondary N) is 2. The molecule has 0 spiro atoms. The van der Waals surface area contributed by atoms with Gasteiger partial charge in [-0.1, -0.05) is 17.7 Å². The maximum Gasteiger partial charge on any atom is 0.323 e. The average molecular weight is 464 g/mol. The van der Waals surface area contributed by atoms with Gasteiger partial charge < -0.3 is 16.4 Å². The predicted octanol–water partition coefficient (Wildman–Crippen LogP) is 1.46. The first kappa shape index (κ1) is 23.6. The second kappa shape index (κ2) is 10.1. The lowest BCUT2D eigenvalue weighted by atomic mass is 10.2. The van der Waals surface area contributed by atoms with E-state index in [0.29, 0.717) is 12.1 Å². The number of carbonyl (C=O) groups is 2. The lowest BCUT2D eigenvalue weighted by Gasteiger charge is -2.41. The van der Waals surface area contributed by atoms with Gasteiger partial charge in [0.25, 0.3) is 5.91 Å². The largest absolute Gasteiger partial charge is 0.352 e. The molecule has 1 fully saturated rings. The first-order chi connectivity index (χ1) is 15.2. The first-order valence-electron chi connectivity index (χ1n) is 10.1. The number of sulfonamides is 1. The molecular formula is C21H26FN5O4S. The van der Waals surface area contributed by atoms with Crippen molar-refractivity contribution in [2.75, 3.05) is 31.5 Å². The Balaban J connectivity index is 1.93. The van der Waals surface area contributed by atoms with Crippen LogP contribution in [-0.4, -0.2) is 61.9 Å². The number of benzene rings is 2. The summed E-state index contributed by atoms with van der Waals surface area (Å²) < 4.78 is 40.9. The van der Waals surface area contributed by atoms with E-state index in [2.05, 4.69) is 10.6 Å². The fourth-order valence-corrected chi connectivity index (χ4v) is 4.99. The maximum atomic E-state index is 13.3. The molecule has 1 heterocycles. The molecule has 0 radical (unpaired) electrons. The van der Waals surface area contributed by atoms with Crippen LogP contribution in [0.1, 0.15) is 12.0 Å².